The summed E-state index contributed by atoms with van der Waals surface area (Å²) in [7, 11) is 0. The molecule has 0 aliphatic carbocycles. The van der Waals surface area contributed by atoms with E-state index in [2.05, 4.69) is 5.10 Å². The first-order valence-corrected chi connectivity index (χ1v) is 11.0. The first kappa shape index (κ1) is 24.9. The largest absolute Gasteiger partial charge is 0.507 e. The zero-order chi connectivity index (χ0) is 25.9. The number of phenols is 1. The van der Waals surface area contributed by atoms with Crippen molar-refractivity contribution in [3.05, 3.63) is 106 Å². The van der Waals surface area contributed by atoms with E-state index in [0.717, 1.165) is 10.7 Å². The van der Waals surface area contributed by atoms with Crippen LogP contribution in [0.25, 0.3) is 11.4 Å². The second kappa shape index (κ2) is 10.2. The van der Waals surface area contributed by atoms with E-state index in [0.29, 0.717) is 5.56 Å². The van der Waals surface area contributed by atoms with Gasteiger partial charge in [-0.05, 0) is 47.9 Å². The molecule has 3 aromatic carbocycles. The molecule has 0 fully saturated rings. The molecule has 186 valence electrons. The third kappa shape index (κ3) is 5.54. The van der Waals surface area contributed by atoms with Crippen LogP contribution in [0, 0.1) is 5.82 Å². The lowest BCUT2D eigenvalue weighted by Gasteiger charge is -2.12. The first-order chi connectivity index (χ1) is 17.1. The SMILES string of the molecule is O=C(CCc1ccccc1C(F)(F)F)Cn1nc(-c2ccccc2O)n(Cc2cccc(F)c2)c1=O. The van der Waals surface area contributed by atoms with Crippen molar-refractivity contribution in [3.8, 4) is 17.1 Å². The molecule has 10 heteroatoms. The van der Waals surface area contributed by atoms with Gasteiger partial charge in [0.25, 0.3) is 0 Å². The van der Waals surface area contributed by atoms with Crippen LogP contribution in [0.4, 0.5) is 17.6 Å². The number of hydrogen-bond donors (Lipinski definition) is 1. The molecule has 0 spiro atoms. The van der Waals surface area contributed by atoms with E-state index >= 15 is 0 Å². The van der Waals surface area contributed by atoms with E-state index in [1.807, 2.05) is 0 Å². The molecule has 1 N–H and O–H groups in total. The van der Waals surface area contributed by atoms with E-state index in [1.165, 1.54) is 47.0 Å². The lowest BCUT2D eigenvalue weighted by atomic mass is 10.0. The molecule has 0 saturated carbocycles. The molecule has 36 heavy (non-hydrogen) atoms. The van der Waals surface area contributed by atoms with Crippen LogP contribution in [0.15, 0.2) is 77.6 Å². The minimum absolute atomic E-state index is 0.0165. The van der Waals surface area contributed by atoms with E-state index in [1.54, 1.807) is 24.3 Å². The molecule has 0 saturated heterocycles. The minimum atomic E-state index is -4.54. The minimum Gasteiger partial charge on any atom is -0.507 e. The number of Topliss-reactive ketones (excluding diaryl/α,β-unsaturated/α-hetero) is 1. The van der Waals surface area contributed by atoms with Crippen molar-refractivity contribution in [2.75, 3.05) is 0 Å². The Morgan fingerprint density at radius 3 is 2.42 bits per heavy atom. The maximum atomic E-state index is 13.7. The highest BCUT2D eigenvalue weighted by atomic mass is 19.4. The van der Waals surface area contributed by atoms with Gasteiger partial charge in [0.1, 0.15) is 18.1 Å². The highest BCUT2D eigenvalue weighted by Gasteiger charge is 2.32. The van der Waals surface area contributed by atoms with E-state index < -0.39 is 35.6 Å². The van der Waals surface area contributed by atoms with Crippen molar-refractivity contribution in [1.82, 2.24) is 14.3 Å². The molecule has 0 atom stereocenters. The van der Waals surface area contributed by atoms with Crippen molar-refractivity contribution < 1.29 is 27.5 Å². The number of halogens is 4. The number of rotatable bonds is 8. The van der Waals surface area contributed by atoms with Crippen LogP contribution < -0.4 is 5.69 Å². The number of aromatic hydroxyl groups is 1. The summed E-state index contributed by atoms with van der Waals surface area (Å²) in [5.41, 5.74) is -0.810. The van der Waals surface area contributed by atoms with Crippen LogP contribution in [0.3, 0.4) is 0 Å². The number of alkyl halides is 3. The summed E-state index contributed by atoms with van der Waals surface area (Å²) in [6, 6.07) is 16.8. The second-order valence-electron chi connectivity index (χ2n) is 8.19. The topological polar surface area (TPSA) is 77.1 Å². The van der Waals surface area contributed by atoms with Crippen molar-refractivity contribution in [2.24, 2.45) is 0 Å². The van der Waals surface area contributed by atoms with Gasteiger partial charge < -0.3 is 5.11 Å². The molecule has 0 aliphatic rings. The smallest absolute Gasteiger partial charge is 0.416 e. The predicted octanol–water partition coefficient (Wildman–Crippen LogP) is 4.83. The molecule has 1 aromatic heterocycles. The van der Waals surface area contributed by atoms with Crippen LogP contribution in [0.5, 0.6) is 5.75 Å². The maximum Gasteiger partial charge on any atom is 0.416 e. The molecule has 0 bridgehead atoms. The van der Waals surface area contributed by atoms with Gasteiger partial charge in [-0.25, -0.2) is 13.9 Å². The highest BCUT2D eigenvalue weighted by molar-refractivity contribution is 5.78. The normalized spacial score (nSPS) is 11.6. The van der Waals surface area contributed by atoms with Gasteiger partial charge in [-0.1, -0.05) is 42.5 Å². The highest BCUT2D eigenvalue weighted by Crippen LogP contribution is 2.32. The maximum absolute atomic E-state index is 13.7. The lowest BCUT2D eigenvalue weighted by Crippen LogP contribution is -2.28. The molecule has 0 amide bonds. The molecule has 0 aliphatic heterocycles. The third-order valence-electron chi connectivity index (χ3n) is 5.62. The van der Waals surface area contributed by atoms with Crippen LogP contribution in [0.1, 0.15) is 23.1 Å². The number of carbonyl (C=O) groups is 1. The molecule has 6 nitrogen and oxygen atoms in total. The predicted molar refractivity (Wildman–Crippen MR) is 124 cm³/mol. The Labute approximate surface area is 203 Å². The fourth-order valence-electron chi connectivity index (χ4n) is 3.90. The molecule has 0 unspecified atom stereocenters. The summed E-state index contributed by atoms with van der Waals surface area (Å²) < 4.78 is 55.5. The average molecular weight is 499 g/mol. The molecule has 4 aromatic rings. The number of carbonyl (C=O) groups excluding carboxylic acids is 1. The van der Waals surface area contributed by atoms with Crippen LogP contribution >= 0.6 is 0 Å². The fraction of sp³-hybridized carbons (Fsp3) is 0.192. The quantitative estimate of drug-likeness (QED) is 0.353. The Morgan fingerprint density at radius 1 is 0.972 bits per heavy atom. The van der Waals surface area contributed by atoms with E-state index in [4.69, 9.17) is 0 Å². The summed E-state index contributed by atoms with van der Waals surface area (Å²) in [5.74, 6) is -1.07. The molecular formula is C26H21F4N3O3. The average Bonchev–Trinajstić information content (AvgIpc) is 3.12. The summed E-state index contributed by atoms with van der Waals surface area (Å²) in [4.78, 5) is 25.8. The van der Waals surface area contributed by atoms with E-state index in [9.17, 15) is 32.3 Å². The van der Waals surface area contributed by atoms with Crippen LogP contribution in [0.2, 0.25) is 0 Å². The standard InChI is InChI=1S/C26H21F4N3O3/c27-19-8-5-6-17(14-19)15-32-24(21-9-2-4-11-23(21)35)31-33(25(32)36)16-20(34)13-12-18-7-1-3-10-22(18)26(28,29)30/h1-11,14,35H,12-13,15-16H2. The Hall–Kier alpha value is -4.21. The Bertz CT molecular complexity index is 1460. The number of benzene rings is 3. The molecule has 0 radical (unpaired) electrons. The van der Waals surface area contributed by atoms with Gasteiger partial charge in [0, 0.05) is 6.42 Å². The van der Waals surface area contributed by atoms with Gasteiger partial charge in [0.15, 0.2) is 11.6 Å². The number of phenolic OH excluding ortho intramolecular Hbond substituents is 1. The molecular weight excluding hydrogens is 478 g/mol. The first-order valence-electron chi connectivity index (χ1n) is 11.0. The number of aromatic nitrogens is 3. The summed E-state index contributed by atoms with van der Waals surface area (Å²) in [5, 5.41) is 14.5. The number of ketones is 1. The van der Waals surface area contributed by atoms with Crippen LogP contribution in [-0.4, -0.2) is 25.2 Å². The summed E-state index contributed by atoms with van der Waals surface area (Å²) >= 11 is 0. The van der Waals surface area contributed by atoms with Gasteiger partial charge in [-0.15, -0.1) is 5.10 Å². The monoisotopic (exact) mass is 499 g/mol. The molecule has 4 rings (SSSR count). The van der Waals surface area contributed by atoms with Crippen molar-refractivity contribution in [1.29, 1.82) is 0 Å². The zero-order valence-electron chi connectivity index (χ0n) is 18.9. The van der Waals surface area contributed by atoms with Crippen molar-refractivity contribution >= 4 is 5.78 Å². The van der Waals surface area contributed by atoms with Gasteiger partial charge in [0.05, 0.1) is 17.7 Å². The zero-order valence-corrected chi connectivity index (χ0v) is 18.9. The second-order valence-corrected chi connectivity index (χ2v) is 8.19. The van der Waals surface area contributed by atoms with Gasteiger partial charge in [-0.3, -0.25) is 9.36 Å². The summed E-state index contributed by atoms with van der Waals surface area (Å²) in [6.07, 6.45) is -4.93. The Kier molecular flexibility index (Phi) is 7.05. The third-order valence-corrected chi connectivity index (χ3v) is 5.62. The van der Waals surface area contributed by atoms with Gasteiger partial charge in [0.2, 0.25) is 0 Å². The number of nitrogens with zero attached hydrogens (tertiary/aromatic N) is 3. The number of aryl methyl sites for hydroxylation is 1. The van der Waals surface area contributed by atoms with E-state index in [-0.39, 0.29) is 42.1 Å². The van der Waals surface area contributed by atoms with Gasteiger partial charge in [-0.2, -0.15) is 13.2 Å². The van der Waals surface area contributed by atoms with Crippen LogP contribution in [-0.2, 0) is 30.5 Å². The molecule has 1 heterocycles. The van der Waals surface area contributed by atoms with Crippen molar-refractivity contribution in [2.45, 2.75) is 32.1 Å². The summed E-state index contributed by atoms with van der Waals surface area (Å²) in [6.45, 7) is -0.544. The van der Waals surface area contributed by atoms with Crippen molar-refractivity contribution in [3.63, 3.8) is 0 Å². The lowest BCUT2D eigenvalue weighted by molar-refractivity contribution is -0.138. The van der Waals surface area contributed by atoms with Gasteiger partial charge >= 0.3 is 11.9 Å². The Balaban J connectivity index is 1.61. The Morgan fingerprint density at radius 2 is 1.69 bits per heavy atom. The number of hydrogen-bond acceptors (Lipinski definition) is 4. The fourth-order valence-corrected chi connectivity index (χ4v) is 3.90. The number of para-hydroxylation sites is 1.